The minimum Gasteiger partial charge on any atom is -0.407 e. The monoisotopic (exact) mass is 231 g/mol. The zero-order valence-corrected chi connectivity index (χ0v) is 9.40. The van der Waals surface area contributed by atoms with Gasteiger partial charge in [0.15, 0.2) is 0 Å². The normalized spacial score (nSPS) is 18.4. The fourth-order valence-electron chi connectivity index (χ4n) is 1.71. The molecule has 2 rings (SSSR count). The Morgan fingerprint density at radius 3 is 2.73 bits per heavy atom. The highest BCUT2D eigenvalue weighted by Crippen LogP contribution is 2.20. The lowest BCUT2D eigenvalue weighted by Gasteiger charge is -2.29. The summed E-state index contributed by atoms with van der Waals surface area (Å²) in [6, 6.07) is 0.570. The van der Waals surface area contributed by atoms with Crippen molar-refractivity contribution in [2.45, 2.75) is 24.8 Å². The maximum Gasteiger partial charge on any atom is 0.318 e. The van der Waals surface area contributed by atoms with E-state index < -0.39 is 0 Å². The van der Waals surface area contributed by atoms with Crippen molar-refractivity contribution in [2.24, 2.45) is 0 Å². The molecule has 0 unspecified atom stereocenters. The molecule has 1 aromatic rings. The number of anilines is 1. The molecular formula is C9H14ClN3O2. The van der Waals surface area contributed by atoms with Crippen LogP contribution in [0.15, 0.2) is 4.42 Å². The standard InChI is InChI=1S/C9H14ClN3O2/c1-14-7-2-4-13(5-3-7)9-12-11-8(6-10)15-9/h7H,2-6H2,1H3. The van der Waals surface area contributed by atoms with E-state index in [1.54, 1.807) is 7.11 Å². The molecule has 84 valence electrons. The largest absolute Gasteiger partial charge is 0.407 e. The quantitative estimate of drug-likeness (QED) is 0.737. The van der Waals surface area contributed by atoms with Crippen molar-refractivity contribution in [1.29, 1.82) is 0 Å². The maximum absolute atomic E-state index is 5.59. The van der Waals surface area contributed by atoms with Gasteiger partial charge in [-0.25, -0.2) is 0 Å². The molecule has 1 aliphatic rings. The van der Waals surface area contributed by atoms with Crippen molar-refractivity contribution in [2.75, 3.05) is 25.1 Å². The summed E-state index contributed by atoms with van der Waals surface area (Å²) >= 11 is 5.59. The number of ether oxygens (including phenoxy) is 1. The molecule has 6 heteroatoms. The van der Waals surface area contributed by atoms with E-state index in [0.717, 1.165) is 25.9 Å². The molecule has 0 bridgehead atoms. The molecule has 0 saturated carbocycles. The van der Waals surface area contributed by atoms with E-state index in [-0.39, 0.29) is 5.88 Å². The van der Waals surface area contributed by atoms with Gasteiger partial charge in [-0.2, -0.15) is 0 Å². The van der Waals surface area contributed by atoms with Crippen LogP contribution in [0, 0.1) is 0 Å². The Hall–Kier alpha value is -0.810. The summed E-state index contributed by atoms with van der Waals surface area (Å²) in [5, 5.41) is 7.77. The van der Waals surface area contributed by atoms with Crippen LogP contribution in [-0.4, -0.2) is 36.5 Å². The Kier molecular flexibility index (Phi) is 3.43. The van der Waals surface area contributed by atoms with Gasteiger partial charge in [0, 0.05) is 20.2 Å². The summed E-state index contributed by atoms with van der Waals surface area (Å²) in [6.07, 6.45) is 2.35. The number of methoxy groups -OCH3 is 1. The minimum atomic E-state index is 0.265. The van der Waals surface area contributed by atoms with Crippen LogP contribution in [-0.2, 0) is 10.6 Å². The maximum atomic E-state index is 5.59. The van der Waals surface area contributed by atoms with E-state index in [2.05, 4.69) is 15.1 Å². The molecule has 5 nitrogen and oxygen atoms in total. The first-order valence-electron chi connectivity index (χ1n) is 4.99. The van der Waals surface area contributed by atoms with Crippen molar-refractivity contribution in [1.82, 2.24) is 10.2 Å². The smallest absolute Gasteiger partial charge is 0.318 e. The van der Waals surface area contributed by atoms with E-state index in [1.807, 2.05) is 0 Å². The van der Waals surface area contributed by atoms with Crippen LogP contribution < -0.4 is 4.90 Å². The van der Waals surface area contributed by atoms with Crippen LogP contribution in [0.3, 0.4) is 0 Å². The van der Waals surface area contributed by atoms with E-state index >= 15 is 0 Å². The Bertz CT molecular complexity index is 310. The van der Waals surface area contributed by atoms with Crippen molar-refractivity contribution in [3.8, 4) is 0 Å². The number of hydrogen-bond acceptors (Lipinski definition) is 5. The highest BCUT2D eigenvalue weighted by Gasteiger charge is 2.22. The van der Waals surface area contributed by atoms with Crippen molar-refractivity contribution in [3.05, 3.63) is 5.89 Å². The zero-order chi connectivity index (χ0) is 10.7. The molecule has 0 atom stereocenters. The number of aromatic nitrogens is 2. The molecule has 1 aliphatic heterocycles. The van der Waals surface area contributed by atoms with Crippen molar-refractivity contribution >= 4 is 17.6 Å². The predicted molar refractivity (Wildman–Crippen MR) is 56.1 cm³/mol. The third kappa shape index (κ3) is 2.41. The van der Waals surface area contributed by atoms with Gasteiger partial charge in [-0.1, -0.05) is 5.10 Å². The first-order valence-corrected chi connectivity index (χ1v) is 5.53. The SMILES string of the molecule is COC1CCN(c2nnc(CCl)o2)CC1. The number of alkyl halides is 1. The summed E-state index contributed by atoms with van der Waals surface area (Å²) in [7, 11) is 1.75. The summed E-state index contributed by atoms with van der Waals surface area (Å²) in [6.45, 7) is 1.78. The van der Waals surface area contributed by atoms with E-state index in [1.165, 1.54) is 0 Å². The van der Waals surface area contributed by atoms with Gasteiger partial charge in [-0.15, -0.1) is 16.7 Å². The highest BCUT2D eigenvalue weighted by molar-refractivity contribution is 6.16. The van der Waals surface area contributed by atoms with E-state index in [4.69, 9.17) is 20.8 Å². The van der Waals surface area contributed by atoms with Crippen LogP contribution in [0.25, 0.3) is 0 Å². The number of halogens is 1. The summed E-state index contributed by atoms with van der Waals surface area (Å²) in [5.74, 6) is 0.738. The average Bonchev–Trinajstić information content (AvgIpc) is 2.78. The predicted octanol–water partition coefficient (Wildman–Crippen LogP) is 1.42. The number of hydrogen-bond donors (Lipinski definition) is 0. The van der Waals surface area contributed by atoms with Crippen molar-refractivity contribution < 1.29 is 9.15 Å². The Morgan fingerprint density at radius 1 is 1.47 bits per heavy atom. The van der Waals surface area contributed by atoms with Crippen LogP contribution in [0.5, 0.6) is 0 Å². The fourth-order valence-corrected chi connectivity index (χ4v) is 1.82. The Balaban J connectivity index is 1.95. The third-order valence-electron chi connectivity index (χ3n) is 2.62. The lowest BCUT2D eigenvalue weighted by atomic mass is 10.1. The highest BCUT2D eigenvalue weighted by atomic mass is 35.5. The molecule has 1 aromatic heterocycles. The molecule has 0 radical (unpaired) electrons. The van der Waals surface area contributed by atoms with Gasteiger partial charge < -0.3 is 14.1 Å². The second kappa shape index (κ2) is 4.81. The summed E-state index contributed by atoms with van der Waals surface area (Å²) in [5.41, 5.74) is 0. The van der Waals surface area contributed by atoms with Crippen LogP contribution in [0.4, 0.5) is 6.01 Å². The van der Waals surface area contributed by atoms with Crippen LogP contribution >= 0.6 is 11.6 Å². The van der Waals surface area contributed by atoms with E-state index in [9.17, 15) is 0 Å². The Morgan fingerprint density at radius 2 is 2.20 bits per heavy atom. The molecule has 0 spiro atoms. The summed E-state index contributed by atoms with van der Waals surface area (Å²) < 4.78 is 10.7. The lowest BCUT2D eigenvalue weighted by molar-refractivity contribution is 0.0810. The number of rotatable bonds is 3. The molecule has 0 aromatic carbocycles. The van der Waals surface area contributed by atoms with Gasteiger partial charge in [0.1, 0.15) is 5.88 Å². The van der Waals surface area contributed by atoms with Crippen molar-refractivity contribution in [3.63, 3.8) is 0 Å². The molecule has 1 fully saturated rings. The minimum absolute atomic E-state index is 0.265. The zero-order valence-electron chi connectivity index (χ0n) is 8.65. The Labute approximate surface area is 93.4 Å². The molecule has 1 saturated heterocycles. The van der Waals surface area contributed by atoms with Gasteiger partial charge in [-0.05, 0) is 12.8 Å². The average molecular weight is 232 g/mol. The number of nitrogens with zero attached hydrogens (tertiary/aromatic N) is 3. The molecule has 2 heterocycles. The van der Waals surface area contributed by atoms with Crippen LogP contribution in [0.2, 0.25) is 0 Å². The molecular weight excluding hydrogens is 218 g/mol. The lowest BCUT2D eigenvalue weighted by Crippen LogP contribution is -2.36. The van der Waals surface area contributed by atoms with Gasteiger partial charge in [-0.3, -0.25) is 0 Å². The second-order valence-corrected chi connectivity index (χ2v) is 3.80. The fraction of sp³-hybridized carbons (Fsp3) is 0.778. The van der Waals surface area contributed by atoms with Gasteiger partial charge >= 0.3 is 6.01 Å². The van der Waals surface area contributed by atoms with Crippen LogP contribution in [0.1, 0.15) is 18.7 Å². The van der Waals surface area contributed by atoms with Gasteiger partial charge in [0.05, 0.1) is 6.10 Å². The molecule has 15 heavy (non-hydrogen) atoms. The summed E-state index contributed by atoms with van der Waals surface area (Å²) in [4.78, 5) is 2.07. The second-order valence-electron chi connectivity index (χ2n) is 3.53. The molecule has 0 aliphatic carbocycles. The molecule has 0 N–H and O–H groups in total. The first-order chi connectivity index (χ1) is 7.33. The topological polar surface area (TPSA) is 51.4 Å². The number of piperidine rings is 1. The third-order valence-corrected chi connectivity index (χ3v) is 2.84. The first kappa shape index (κ1) is 10.7. The van der Waals surface area contributed by atoms with E-state index in [0.29, 0.717) is 18.0 Å². The van der Waals surface area contributed by atoms with Gasteiger partial charge in [0.25, 0.3) is 0 Å². The molecule has 0 amide bonds. The van der Waals surface area contributed by atoms with Gasteiger partial charge in [0.2, 0.25) is 5.89 Å².